The van der Waals surface area contributed by atoms with E-state index in [2.05, 4.69) is 0 Å². The normalized spacial score (nSPS) is 15.9. The molecule has 0 fully saturated rings. The van der Waals surface area contributed by atoms with Gasteiger partial charge in [0.2, 0.25) is 5.54 Å². The zero-order chi connectivity index (χ0) is 14.1. The minimum atomic E-state index is -3.82. The van der Waals surface area contributed by atoms with Crippen molar-refractivity contribution in [3.63, 3.8) is 0 Å². The van der Waals surface area contributed by atoms with Crippen molar-refractivity contribution >= 4 is 28.0 Å². The zero-order valence-corrected chi connectivity index (χ0v) is 11.4. The summed E-state index contributed by atoms with van der Waals surface area (Å²) in [6, 6.07) is 0. The molecule has 0 aromatic heterocycles. The Morgan fingerprint density at radius 2 is 1.65 bits per heavy atom. The topological polar surface area (TPSA) is 75.6 Å². The number of carboxylic acid groups (broad SMARTS) is 1. The molecule has 0 aromatic carbocycles. The number of rotatable bonds is 3. The fourth-order valence-electron chi connectivity index (χ4n) is 0.753. The highest BCUT2D eigenvalue weighted by atomic mass is 79.9. The summed E-state index contributed by atoms with van der Waals surface area (Å²) in [5.74, 6) is -1.88. The van der Waals surface area contributed by atoms with E-state index in [1.54, 1.807) is 5.32 Å². The summed E-state index contributed by atoms with van der Waals surface area (Å²) in [4.78, 5) is 18.2. The first kappa shape index (κ1) is 16.1. The van der Waals surface area contributed by atoms with Gasteiger partial charge >= 0.3 is 16.9 Å². The second kappa shape index (κ2) is 4.75. The number of halogens is 3. The predicted molar refractivity (Wildman–Crippen MR) is 59.3 cm³/mol. The molecule has 0 saturated heterocycles. The molecule has 0 heterocycles. The Morgan fingerprint density at radius 3 is 1.88 bits per heavy atom. The first-order chi connectivity index (χ1) is 7.29. The maximum atomic E-state index is 13.1. The molecule has 2 N–H and O–H groups in total. The van der Waals surface area contributed by atoms with Gasteiger partial charge in [-0.25, -0.2) is 9.59 Å². The van der Waals surface area contributed by atoms with Gasteiger partial charge in [-0.15, -0.1) is 0 Å². The molecule has 0 spiro atoms. The van der Waals surface area contributed by atoms with Gasteiger partial charge in [-0.3, -0.25) is 5.32 Å². The Kier molecular flexibility index (Phi) is 4.50. The summed E-state index contributed by atoms with van der Waals surface area (Å²) in [7, 11) is 0. The van der Waals surface area contributed by atoms with Crippen LogP contribution in [0.1, 0.15) is 27.7 Å². The lowest BCUT2D eigenvalue weighted by atomic mass is 10.0. The standard InChI is InChI=1S/C9H14BrF2NO4/c1-7(2,3)17-6(16)13-8(4,5(14)15)9(10,11)12/h1-4H3,(H,13,16)(H,14,15). The van der Waals surface area contributed by atoms with Crippen molar-refractivity contribution in [1.29, 1.82) is 0 Å². The summed E-state index contributed by atoms with van der Waals surface area (Å²) in [6.45, 7) is 5.25. The molecule has 0 aromatic rings. The molecule has 1 amide bonds. The van der Waals surface area contributed by atoms with Crippen molar-refractivity contribution in [2.45, 2.75) is 43.7 Å². The molecule has 0 bridgehead atoms. The smallest absolute Gasteiger partial charge is 0.408 e. The number of hydrogen-bond donors (Lipinski definition) is 2. The van der Waals surface area contributed by atoms with Gasteiger partial charge in [0.15, 0.2) is 0 Å². The Bertz CT molecular complexity index is 324. The molecule has 0 aliphatic carbocycles. The molecule has 0 aliphatic heterocycles. The van der Waals surface area contributed by atoms with Crippen molar-refractivity contribution in [1.82, 2.24) is 5.32 Å². The monoisotopic (exact) mass is 317 g/mol. The molecular weight excluding hydrogens is 304 g/mol. The summed E-state index contributed by atoms with van der Waals surface area (Å²) in [5.41, 5.74) is -3.71. The van der Waals surface area contributed by atoms with Crippen LogP contribution in [-0.2, 0) is 9.53 Å². The fraction of sp³-hybridized carbons (Fsp3) is 0.778. The molecule has 0 rings (SSSR count). The quantitative estimate of drug-likeness (QED) is 0.783. The Labute approximate surface area is 106 Å². The first-order valence-corrected chi connectivity index (χ1v) is 5.40. The van der Waals surface area contributed by atoms with Gasteiger partial charge in [0, 0.05) is 0 Å². The maximum absolute atomic E-state index is 13.1. The molecule has 0 saturated carbocycles. The van der Waals surface area contributed by atoms with Gasteiger partial charge in [0.25, 0.3) is 0 Å². The van der Waals surface area contributed by atoms with E-state index in [0.29, 0.717) is 6.92 Å². The van der Waals surface area contributed by atoms with E-state index in [-0.39, 0.29) is 0 Å². The molecule has 1 atom stereocenters. The summed E-state index contributed by atoms with van der Waals surface area (Å²) in [6.07, 6.45) is -1.23. The highest BCUT2D eigenvalue weighted by Gasteiger charge is 2.56. The number of ether oxygens (including phenoxy) is 1. The Balaban J connectivity index is 4.93. The largest absolute Gasteiger partial charge is 0.479 e. The molecule has 0 radical (unpaired) electrons. The Morgan fingerprint density at radius 1 is 1.24 bits per heavy atom. The van der Waals surface area contributed by atoms with Crippen LogP contribution in [0, 0.1) is 0 Å². The van der Waals surface area contributed by atoms with Crippen LogP contribution in [0.2, 0.25) is 0 Å². The van der Waals surface area contributed by atoms with Crippen LogP contribution in [0.5, 0.6) is 0 Å². The fourth-order valence-corrected chi connectivity index (χ4v) is 1.02. The van der Waals surface area contributed by atoms with E-state index >= 15 is 0 Å². The van der Waals surface area contributed by atoms with Gasteiger partial charge in [0.05, 0.1) is 0 Å². The van der Waals surface area contributed by atoms with Crippen LogP contribution in [0.3, 0.4) is 0 Å². The number of alkyl carbamates (subject to hydrolysis) is 1. The molecular formula is C9H14BrF2NO4. The van der Waals surface area contributed by atoms with Crippen molar-refractivity contribution in [3.8, 4) is 0 Å². The molecule has 17 heavy (non-hydrogen) atoms. The van der Waals surface area contributed by atoms with Crippen LogP contribution >= 0.6 is 15.9 Å². The number of aliphatic carboxylic acids is 1. The molecule has 8 heteroatoms. The maximum Gasteiger partial charge on any atom is 0.408 e. The highest BCUT2D eigenvalue weighted by molar-refractivity contribution is 9.10. The SMILES string of the molecule is CC(C)(C)OC(=O)NC(C)(C(=O)O)C(F)(F)Br. The van der Waals surface area contributed by atoms with Crippen LogP contribution in [-0.4, -0.2) is 33.1 Å². The van der Waals surface area contributed by atoms with E-state index in [1.807, 2.05) is 15.9 Å². The van der Waals surface area contributed by atoms with Crippen LogP contribution in [0.25, 0.3) is 0 Å². The Hall–Kier alpha value is -0.920. The lowest BCUT2D eigenvalue weighted by Gasteiger charge is -2.31. The van der Waals surface area contributed by atoms with Gasteiger partial charge in [-0.2, -0.15) is 8.78 Å². The van der Waals surface area contributed by atoms with Gasteiger partial charge in [-0.05, 0) is 43.6 Å². The van der Waals surface area contributed by atoms with Crippen molar-refractivity contribution in [3.05, 3.63) is 0 Å². The summed E-state index contributed by atoms with van der Waals surface area (Å²) < 4.78 is 30.9. The van der Waals surface area contributed by atoms with Crippen molar-refractivity contribution in [2.75, 3.05) is 0 Å². The van der Waals surface area contributed by atoms with E-state index in [4.69, 9.17) is 9.84 Å². The molecule has 0 aliphatic rings. The van der Waals surface area contributed by atoms with E-state index in [0.717, 1.165) is 0 Å². The minimum absolute atomic E-state index is 0.675. The van der Waals surface area contributed by atoms with Gasteiger partial charge in [-0.1, -0.05) is 0 Å². The van der Waals surface area contributed by atoms with Crippen LogP contribution in [0.15, 0.2) is 0 Å². The predicted octanol–water partition coefficient (Wildman–Crippen LogP) is 2.34. The lowest BCUT2D eigenvalue weighted by molar-refractivity contribution is -0.152. The lowest BCUT2D eigenvalue weighted by Crippen LogP contribution is -2.61. The molecule has 100 valence electrons. The number of hydrogen-bond acceptors (Lipinski definition) is 3. The third-order valence-electron chi connectivity index (χ3n) is 1.75. The highest BCUT2D eigenvalue weighted by Crippen LogP contribution is 2.35. The number of nitrogens with one attached hydrogen (secondary N) is 1. The minimum Gasteiger partial charge on any atom is -0.479 e. The summed E-state index contributed by atoms with van der Waals surface area (Å²) >= 11 is 1.93. The average Bonchev–Trinajstić information content (AvgIpc) is 1.96. The zero-order valence-electron chi connectivity index (χ0n) is 9.81. The van der Waals surface area contributed by atoms with Crippen LogP contribution in [0.4, 0.5) is 13.6 Å². The third kappa shape index (κ3) is 4.45. The van der Waals surface area contributed by atoms with Gasteiger partial charge in [0.1, 0.15) is 5.60 Å². The molecule has 5 nitrogen and oxygen atoms in total. The molecule has 1 unspecified atom stereocenters. The third-order valence-corrected chi connectivity index (χ3v) is 2.54. The second-order valence-electron chi connectivity index (χ2n) is 4.55. The van der Waals surface area contributed by atoms with Gasteiger partial charge < -0.3 is 9.84 Å². The van der Waals surface area contributed by atoms with Crippen LogP contribution < -0.4 is 5.32 Å². The number of carbonyl (C=O) groups excluding carboxylic acids is 1. The van der Waals surface area contributed by atoms with E-state index in [1.165, 1.54) is 20.8 Å². The number of carboxylic acids is 1. The number of amides is 1. The van der Waals surface area contributed by atoms with E-state index < -0.39 is 28.0 Å². The average molecular weight is 318 g/mol. The van der Waals surface area contributed by atoms with Crippen molar-refractivity contribution in [2.24, 2.45) is 0 Å². The number of carbonyl (C=O) groups is 2. The summed E-state index contributed by atoms with van der Waals surface area (Å²) in [5, 5.41) is 10.4. The first-order valence-electron chi connectivity index (χ1n) is 4.61. The van der Waals surface area contributed by atoms with Crippen molar-refractivity contribution < 1.29 is 28.2 Å². The van der Waals surface area contributed by atoms with E-state index in [9.17, 15) is 18.4 Å². The number of alkyl halides is 3. The second-order valence-corrected chi connectivity index (χ2v) is 5.55.